The van der Waals surface area contributed by atoms with Gasteiger partial charge in [0, 0.05) is 19.2 Å². The van der Waals surface area contributed by atoms with Crippen LogP contribution >= 0.6 is 11.8 Å². The fourth-order valence-corrected chi connectivity index (χ4v) is 4.22. The molecule has 0 radical (unpaired) electrons. The molecule has 9 nitrogen and oxygen atoms in total. The molecule has 4 amide bonds. The fraction of sp³-hybridized carbons (Fsp3) is 0.200. The average molecular weight is 494 g/mol. The van der Waals surface area contributed by atoms with Crippen molar-refractivity contribution >= 4 is 46.9 Å². The number of nitrogens with one attached hydrogen (secondary N) is 2. The number of carbonyl (C=O) groups excluding carboxylic acids is 4. The third-order valence-corrected chi connectivity index (χ3v) is 6.09. The molecular weight excluding hydrogens is 470 g/mol. The molecule has 2 heterocycles. The van der Waals surface area contributed by atoms with Crippen molar-refractivity contribution in [3.8, 4) is 11.5 Å². The maximum atomic E-state index is 12.7. The van der Waals surface area contributed by atoms with Crippen molar-refractivity contribution in [2.75, 3.05) is 19.9 Å². The van der Waals surface area contributed by atoms with E-state index in [-0.39, 0.29) is 24.8 Å². The van der Waals surface area contributed by atoms with Gasteiger partial charge in [0.2, 0.25) is 18.6 Å². The molecule has 1 atom stereocenters. The first-order chi connectivity index (χ1) is 16.9. The van der Waals surface area contributed by atoms with Crippen LogP contribution in [0.1, 0.15) is 18.1 Å². The summed E-state index contributed by atoms with van der Waals surface area (Å²) in [6.45, 7) is 1.78. The minimum atomic E-state index is -0.788. The number of amides is 4. The molecule has 0 spiro atoms. The number of benzene rings is 2. The van der Waals surface area contributed by atoms with Gasteiger partial charge in [0.1, 0.15) is 6.04 Å². The number of thioether (sulfide) groups is 1. The first-order valence-electron chi connectivity index (χ1n) is 10.9. The lowest BCUT2D eigenvalue weighted by Gasteiger charge is -2.16. The van der Waals surface area contributed by atoms with Crippen molar-refractivity contribution in [2.24, 2.45) is 0 Å². The Morgan fingerprint density at radius 3 is 2.66 bits per heavy atom. The van der Waals surface area contributed by atoms with E-state index in [0.29, 0.717) is 17.1 Å². The molecule has 0 bridgehead atoms. The topological polar surface area (TPSA) is 114 Å². The molecule has 1 saturated heterocycles. The Kier molecular flexibility index (Phi) is 7.51. The molecule has 2 aliphatic heterocycles. The quantitative estimate of drug-likeness (QED) is 0.544. The number of hydrogen-bond donors (Lipinski definition) is 2. The predicted molar refractivity (Wildman–Crippen MR) is 131 cm³/mol. The zero-order valence-corrected chi connectivity index (χ0v) is 19.7. The van der Waals surface area contributed by atoms with E-state index in [2.05, 4.69) is 10.6 Å². The normalized spacial score (nSPS) is 16.7. The molecule has 35 heavy (non-hydrogen) atoms. The second-order valence-corrected chi connectivity index (χ2v) is 8.70. The maximum absolute atomic E-state index is 12.7. The number of rotatable bonds is 8. The lowest BCUT2D eigenvalue weighted by atomic mass is 10.2. The van der Waals surface area contributed by atoms with E-state index in [1.807, 2.05) is 30.3 Å². The molecule has 2 N–H and O–H groups in total. The minimum Gasteiger partial charge on any atom is -0.454 e. The van der Waals surface area contributed by atoms with Crippen LogP contribution in [0.4, 0.5) is 4.79 Å². The summed E-state index contributed by atoms with van der Waals surface area (Å²) in [5.41, 5.74) is 1.57. The summed E-state index contributed by atoms with van der Waals surface area (Å²) >= 11 is 0.836. The van der Waals surface area contributed by atoms with Gasteiger partial charge in [0.15, 0.2) is 11.5 Å². The third kappa shape index (κ3) is 6.10. The highest BCUT2D eigenvalue weighted by molar-refractivity contribution is 8.18. The first kappa shape index (κ1) is 24.1. The number of fused-ring (bicyclic) bond motifs is 1. The SMILES string of the molecule is CC(NC(=O)/C=C/c1ccccc1)C(=O)NCCN1C(=O)S/C(=C\c2ccc3c(c2)OCO3)C1=O. The molecule has 10 heteroatoms. The van der Waals surface area contributed by atoms with Crippen molar-refractivity contribution in [1.29, 1.82) is 0 Å². The van der Waals surface area contributed by atoms with E-state index in [0.717, 1.165) is 22.2 Å². The minimum absolute atomic E-state index is 0.0173. The van der Waals surface area contributed by atoms with E-state index in [9.17, 15) is 19.2 Å². The number of carbonyl (C=O) groups is 4. The average Bonchev–Trinajstić information content (AvgIpc) is 3.42. The molecule has 2 aliphatic rings. The highest BCUT2D eigenvalue weighted by Crippen LogP contribution is 2.36. The Labute approximate surface area is 206 Å². The van der Waals surface area contributed by atoms with Gasteiger partial charge in [-0.25, -0.2) is 0 Å². The summed E-state index contributed by atoms with van der Waals surface area (Å²) in [5.74, 6) is -0.0502. The van der Waals surface area contributed by atoms with Crippen LogP contribution in [-0.4, -0.2) is 53.8 Å². The van der Waals surface area contributed by atoms with E-state index < -0.39 is 29.0 Å². The highest BCUT2D eigenvalue weighted by atomic mass is 32.2. The summed E-state index contributed by atoms with van der Waals surface area (Å²) in [5, 5.41) is 4.81. The lowest BCUT2D eigenvalue weighted by Crippen LogP contribution is -2.46. The summed E-state index contributed by atoms with van der Waals surface area (Å²) in [7, 11) is 0. The Bertz CT molecular complexity index is 1210. The van der Waals surface area contributed by atoms with Gasteiger partial charge in [-0.3, -0.25) is 24.1 Å². The smallest absolute Gasteiger partial charge is 0.293 e. The van der Waals surface area contributed by atoms with Crippen LogP contribution in [0.15, 0.2) is 59.5 Å². The Morgan fingerprint density at radius 1 is 1.09 bits per heavy atom. The van der Waals surface area contributed by atoms with Crippen LogP contribution < -0.4 is 20.1 Å². The van der Waals surface area contributed by atoms with Crippen molar-refractivity contribution in [2.45, 2.75) is 13.0 Å². The van der Waals surface area contributed by atoms with Gasteiger partial charge in [-0.2, -0.15) is 0 Å². The zero-order chi connectivity index (χ0) is 24.8. The fourth-order valence-electron chi connectivity index (χ4n) is 3.35. The van der Waals surface area contributed by atoms with Crippen molar-refractivity contribution < 1.29 is 28.7 Å². The van der Waals surface area contributed by atoms with Gasteiger partial charge in [-0.05, 0) is 54.1 Å². The van der Waals surface area contributed by atoms with E-state index in [1.54, 1.807) is 37.3 Å². The summed E-state index contributed by atoms with van der Waals surface area (Å²) < 4.78 is 10.6. The molecule has 4 rings (SSSR count). The lowest BCUT2D eigenvalue weighted by molar-refractivity contribution is -0.127. The van der Waals surface area contributed by atoms with Crippen LogP contribution in [0.5, 0.6) is 11.5 Å². The van der Waals surface area contributed by atoms with Crippen LogP contribution in [-0.2, 0) is 14.4 Å². The zero-order valence-electron chi connectivity index (χ0n) is 18.9. The Hall–Kier alpha value is -4.05. The first-order valence-corrected chi connectivity index (χ1v) is 11.7. The number of imide groups is 1. The number of hydrogen-bond acceptors (Lipinski definition) is 7. The van der Waals surface area contributed by atoms with E-state index in [1.165, 1.54) is 6.08 Å². The predicted octanol–water partition coefficient (Wildman–Crippen LogP) is 2.79. The second kappa shape index (κ2) is 10.9. The molecule has 0 aliphatic carbocycles. The molecule has 180 valence electrons. The molecule has 1 unspecified atom stereocenters. The molecule has 0 aromatic heterocycles. The van der Waals surface area contributed by atoms with Gasteiger partial charge in [0.05, 0.1) is 4.91 Å². The summed E-state index contributed by atoms with van der Waals surface area (Å²) in [4.78, 5) is 50.7. The third-order valence-electron chi connectivity index (χ3n) is 5.18. The Balaban J connectivity index is 1.25. The van der Waals surface area contributed by atoms with Gasteiger partial charge in [0.25, 0.3) is 11.1 Å². The van der Waals surface area contributed by atoms with Gasteiger partial charge < -0.3 is 20.1 Å². The molecule has 2 aromatic rings. The highest BCUT2D eigenvalue weighted by Gasteiger charge is 2.34. The second-order valence-electron chi connectivity index (χ2n) is 7.71. The van der Waals surface area contributed by atoms with Crippen LogP contribution in [0.2, 0.25) is 0 Å². The summed E-state index contributed by atoms with van der Waals surface area (Å²) in [6, 6.07) is 13.8. The van der Waals surface area contributed by atoms with Crippen molar-refractivity contribution in [1.82, 2.24) is 15.5 Å². The van der Waals surface area contributed by atoms with Crippen LogP contribution in [0.3, 0.4) is 0 Å². The van der Waals surface area contributed by atoms with Crippen LogP contribution in [0, 0.1) is 0 Å². The van der Waals surface area contributed by atoms with Gasteiger partial charge in [-0.15, -0.1) is 0 Å². The molecule has 2 aromatic carbocycles. The number of nitrogens with zero attached hydrogens (tertiary/aromatic N) is 1. The van der Waals surface area contributed by atoms with Crippen LogP contribution in [0.25, 0.3) is 12.2 Å². The van der Waals surface area contributed by atoms with E-state index >= 15 is 0 Å². The van der Waals surface area contributed by atoms with Crippen molar-refractivity contribution in [3.05, 3.63) is 70.6 Å². The molecular formula is C25H23N3O6S. The Morgan fingerprint density at radius 2 is 1.86 bits per heavy atom. The molecule has 0 saturated carbocycles. The monoisotopic (exact) mass is 493 g/mol. The standard InChI is InChI=1S/C25H23N3O6S/c1-16(27-22(29)10-8-17-5-3-2-4-6-17)23(30)26-11-12-28-24(31)21(35-25(28)32)14-18-7-9-19-20(13-18)34-15-33-19/h2-10,13-14,16H,11-12,15H2,1H3,(H,26,30)(H,27,29)/b10-8+,21-14-. The van der Waals surface area contributed by atoms with Crippen molar-refractivity contribution in [3.63, 3.8) is 0 Å². The van der Waals surface area contributed by atoms with E-state index in [4.69, 9.17) is 9.47 Å². The largest absolute Gasteiger partial charge is 0.454 e. The van der Waals surface area contributed by atoms with Gasteiger partial charge >= 0.3 is 0 Å². The maximum Gasteiger partial charge on any atom is 0.293 e. The molecule has 1 fully saturated rings. The van der Waals surface area contributed by atoms with Gasteiger partial charge in [-0.1, -0.05) is 36.4 Å². The summed E-state index contributed by atoms with van der Waals surface area (Å²) in [6.07, 6.45) is 4.62. The number of ether oxygens (including phenoxy) is 2.